The SMILES string of the molecule is Cc1ccc2c3c1c1ccccc1c1ncc(n13)CS2(C)C. The van der Waals surface area contributed by atoms with Gasteiger partial charge >= 0.3 is 0 Å². The Hall–Kier alpha value is -2.00. The van der Waals surface area contributed by atoms with Crippen molar-refractivity contribution >= 4 is 37.4 Å². The van der Waals surface area contributed by atoms with Crippen LogP contribution < -0.4 is 0 Å². The molecular formula is C19H18N2S. The van der Waals surface area contributed by atoms with Crippen LogP contribution in [0.15, 0.2) is 47.5 Å². The summed E-state index contributed by atoms with van der Waals surface area (Å²) in [6.45, 7) is 2.23. The van der Waals surface area contributed by atoms with E-state index < -0.39 is 10.0 Å². The van der Waals surface area contributed by atoms with Gasteiger partial charge in [0, 0.05) is 21.4 Å². The van der Waals surface area contributed by atoms with Gasteiger partial charge in [-0.3, -0.25) is 4.40 Å². The molecule has 5 rings (SSSR count). The van der Waals surface area contributed by atoms with E-state index in [-0.39, 0.29) is 0 Å². The molecule has 0 N–H and O–H groups in total. The molecule has 0 spiro atoms. The Kier molecular flexibility index (Phi) is 2.19. The number of rotatable bonds is 0. The molecule has 2 aromatic heterocycles. The van der Waals surface area contributed by atoms with Gasteiger partial charge in [0.05, 0.1) is 17.4 Å². The van der Waals surface area contributed by atoms with Gasteiger partial charge in [-0.1, -0.05) is 30.3 Å². The summed E-state index contributed by atoms with van der Waals surface area (Å²) in [5.74, 6) is 1.12. The first-order chi connectivity index (χ1) is 10.6. The van der Waals surface area contributed by atoms with Crippen molar-refractivity contribution in [3.8, 4) is 0 Å². The standard InChI is InChI=1S/C19H18N2S/c1-12-8-9-16-18-17(12)14-6-4-5-7-15(14)19-20-10-13(21(18)19)11-22(16,2)3/h4-10H,11H2,1-3H3. The van der Waals surface area contributed by atoms with E-state index >= 15 is 0 Å². The molecule has 22 heavy (non-hydrogen) atoms. The zero-order chi connectivity index (χ0) is 15.1. The molecule has 2 aromatic carbocycles. The van der Waals surface area contributed by atoms with E-state index in [1.54, 1.807) is 0 Å². The number of aryl methyl sites for hydroxylation is 1. The second-order valence-electron chi connectivity index (χ2n) is 6.74. The minimum atomic E-state index is -0.811. The minimum Gasteiger partial charge on any atom is -0.294 e. The average Bonchev–Trinajstić information content (AvgIpc) is 2.90. The molecule has 1 aliphatic heterocycles. The molecule has 0 saturated heterocycles. The van der Waals surface area contributed by atoms with Crippen LogP contribution in [0.25, 0.3) is 27.3 Å². The number of hydrogen-bond donors (Lipinski definition) is 0. The van der Waals surface area contributed by atoms with Crippen LogP contribution in [0.3, 0.4) is 0 Å². The molecule has 0 bridgehead atoms. The zero-order valence-corrected chi connectivity index (χ0v) is 13.9. The molecule has 3 heterocycles. The van der Waals surface area contributed by atoms with Crippen molar-refractivity contribution < 1.29 is 0 Å². The maximum Gasteiger partial charge on any atom is 0.145 e. The predicted octanol–water partition coefficient (Wildman–Crippen LogP) is 4.89. The molecule has 0 amide bonds. The number of imidazole rings is 1. The molecule has 4 aromatic rings. The topological polar surface area (TPSA) is 17.3 Å². The first-order valence-electron chi connectivity index (χ1n) is 7.59. The summed E-state index contributed by atoms with van der Waals surface area (Å²) in [7, 11) is -0.811. The quantitative estimate of drug-likeness (QED) is 0.423. The first-order valence-corrected chi connectivity index (χ1v) is 10.2. The first kappa shape index (κ1) is 12.5. The van der Waals surface area contributed by atoms with Crippen molar-refractivity contribution in [1.82, 2.24) is 9.38 Å². The molecule has 3 heteroatoms. The third-order valence-electron chi connectivity index (χ3n) is 4.95. The van der Waals surface area contributed by atoms with E-state index in [0.717, 1.165) is 11.4 Å². The van der Waals surface area contributed by atoms with Crippen LogP contribution in [0.1, 0.15) is 11.3 Å². The largest absolute Gasteiger partial charge is 0.294 e. The fraction of sp³-hybridized carbons (Fsp3) is 0.211. The van der Waals surface area contributed by atoms with Gasteiger partial charge in [-0.05, 0) is 36.5 Å². The molecule has 0 saturated carbocycles. The van der Waals surface area contributed by atoms with E-state index in [0.29, 0.717) is 0 Å². The molecule has 0 radical (unpaired) electrons. The second-order valence-corrected chi connectivity index (χ2v) is 10.5. The average molecular weight is 306 g/mol. The minimum absolute atomic E-state index is 0.811. The van der Waals surface area contributed by atoms with Gasteiger partial charge in [0.15, 0.2) is 0 Å². The van der Waals surface area contributed by atoms with Crippen molar-refractivity contribution in [1.29, 1.82) is 0 Å². The van der Waals surface area contributed by atoms with Gasteiger partial charge in [0.25, 0.3) is 0 Å². The summed E-state index contributed by atoms with van der Waals surface area (Å²) < 4.78 is 2.41. The molecule has 0 atom stereocenters. The maximum atomic E-state index is 4.77. The van der Waals surface area contributed by atoms with Gasteiger partial charge in [0.1, 0.15) is 5.65 Å². The fourth-order valence-corrected chi connectivity index (χ4v) is 6.20. The van der Waals surface area contributed by atoms with Crippen LogP contribution in [-0.4, -0.2) is 21.9 Å². The lowest BCUT2D eigenvalue weighted by atomic mass is 10.0. The Morgan fingerprint density at radius 3 is 2.64 bits per heavy atom. The normalized spacial score (nSPS) is 17.6. The van der Waals surface area contributed by atoms with E-state index in [2.05, 4.69) is 66.4 Å². The van der Waals surface area contributed by atoms with Crippen LogP contribution in [-0.2, 0) is 5.75 Å². The molecule has 110 valence electrons. The Bertz CT molecular complexity index is 1090. The smallest absolute Gasteiger partial charge is 0.145 e. The number of pyridine rings is 1. The summed E-state index contributed by atoms with van der Waals surface area (Å²) in [6, 6.07) is 13.3. The third kappa shape index (κ3) is 1.35. The van der Waals surface area contributed by atoms with E-state index in [4.69, 9.17) is 4.98 Å². The number of nitrogens with zero attached hydrogens (tertiary/aromatic N) is 2. The molecule has 0 unspecified atom stereocenters. The van der Waals surface area contributed by atoms with Gasteiger partial charge in [-0.15, -0.1) is 0 Å². The van der Waals surface area contributed by atoms with Gasteiger partial charge in [0.2, 0.25) is 0 Å². The monoisotopic (exact) mass is 306 g/mol. The lowest BCUT2D eigenvalue weighted by Crippen LogP contribution is -2.12. The van der Waals surface area contributed by atoms with Crippen LogP contribution in [0.5, 0.6) is 0 Å². The van der Waals surface area contributed by atoms with Crippen molar-refractivity contribution in [2.75, 3.05) is 12.5 Å². The van der Waals surface area contributed by atoms with Crippen molar-refractivity contribution in [3.05, 3.63) is 53.9 Å². The highest BCUT2D eigenvalue weighted by Crippen LogP contribution is 2.58. The van der Waals surface area contributed by atoms with Gasteiger partial charge < -0.3 is 0 Å². The van der Waals surface area contributed by atoms with E-state index in [1.165, 1.54) is 37.8 Å². The number of aromatic nitrogens is 2. The van der Waals surface area contributed by atoms with Crippen molar-refractivity contribution in [2.24, 2.45) is 0 Å². The highest BCUT2D eigenvalue weighted by Gasteiger charge is 2.28. The van der Waals surface area contributed by atoms with Crippen LogP contribution in [0.4, 0.5) is 0 Å². The summed E-state index contributed by atoms with van der Waals surface area (Å²) >= 11 is 0. The van der Waals surface area contributed by atoms with Crippen LogP contribution in [0, 0.1) is 6.92 Å². The molecular weight excluding hydrogens is 288 g/mol. The second kappa shape index (κ2) is 3.85. The van der Waals surface area contributed by atoms with E-state index in [1.807, 2.05) is 0 Å². The Labute approximate surface area is 131 Å². The van der Waals surface area contributed by atoms with Crippen LogP contribution >= 0.6 is 10.0 Å². The highest BCUT2D eigenvalue weighted by atomic mass is 32.3. The van der Waals surface area contributed by atoms with Gasteiger partial charge in [-0.2, -0.15) is 0 Å². The number of hydrogen-bond acceptors (Lipinski definition) is 1. The van der Waals surface area contributed by atoms with E-state index in [9.17, 15) is 0 Å². The molecule has 1 aliphatic rings. The lowest BCUT2D eigenvalue weighted by molar-refractivity contribution is 1.09. The summed E-state index contributed by atoms with van der Waals surface area (Å²) in [6.07, 6.45) is 6.94. The Balaban J connectivity index is 2.24. The van der Waals surface area contributed by atoms with Crippen molar-refractivity contribution in [2.45, 2.75) is 17.6 Å². The van der Waals surface area contributed by atoms with Gasteiger partial charge in [-0.25, -0.2) is 15.0 Å². The number of benzene rings is 2. The summed E-state index contributed by atoms with van der Waals surface area (Å²) in [5.41, 5.74) is 5.23. The molecule has 0 fully saturated rings. The maximum absolute atomic E-state index is 4.77. The fourth-order valence-electron chi connectivity index (χ4n) is 3.95. The Morgan fingerprint density at radius 2 is 1.82 bits per heavy atom. The molecule has 0 aliphatic carbocycles. The molecule has 2 nitrogen and oxygen atoms in total. The Morgan fingerprint density at radius 1 is 1.05 bits per heavy atom. The summed E-state index contributed by atoms with van der Waals surface area (Å²) in [5, 5.41) is 4.00. The highest BCUT2D eigenvalue weighted by molar-refractivity contribution is 8.32. The van der Waals surface area contributed by atoms with Crippen molar-refractivity contribution in [3.63, 3.8) is 0 Å². The predicted molar refractivity (Wildman–Crippen MR) is 96.4 cm³/mol. The summed E-state index contributed by atoms with van der Waals surface area (Å²) in [4.78, 5) is 6.30. The zero-order valence-electron chi connectivity index (χ0n) is 13.1. The number of fused-ring (bicyclic) bond motifs is 3. The lowest BCUT2D eigenvalue weighted by Gasteiger charge is -2.37. The van der Waals surface area contributed by atoms with Crippen LogP contribution in [0.2, 0.25) is 0 Å². The third-order valence-corrected chi connectivity index (χ3v) is 7.49.